The second-order valence-corrected chi connectivity index (χ2v) is 4.93. The average Bonchev–Trinajstić information content (AvgIpc) is 2.92. The molecule has 1 heterocycles. The van der Waals surface area contributed by atoms with Gasteiger partial charge in [0, 0.05) is 5.71 Å². The summed E-state index contributed by atoms with van der Waals surface area (Å²) in [5.41, 5.74) is 1.65. The van der Waals surface area contributed by atoms with Crippen LogP contribution in [0.25, 0.3) is 0 Å². The number of unbranched alkanes of at least 4 members (excludes halogenated alkanes) is 1. The molecular formula is C13H21N. The lowest BCUT2D eigenvalue weighted by atomic mass is 9.98. The number of hydrogen-bond acceptors (Lipinski definition) is 1. The van der Waals surface area contributed by atoms with Gasteiger partial charge in [0.15, 0.2) is 0 Å². The van der Waals surface area contributed by atoms with Gasteiger partial charge in [0.1, 0.15) is 0 Å². The second kappa shape index (κ2) is 3.88. The van der Waals surface area contributed by atoms with Gasteiger partial charge in [-0.1, -0.05) is 25.5 Å². The summed E-state index contributed by atoms with van der Waals surface area (Å²) in [6, 6.07) is 0. The summed E-state index contributed by atoms with van der Waals surface area (Å²) in [5.74, 6) is 0.872. The Morgan fingerprint density at radius 2 is 2.29 bits per heavy atom. The van der Waals surface area contributed by atoms with E-state index >= 15 is 0 Å². The van der Waals surface area contributed by atoms with Gasteiger partial charge in [0.25, 0.3) is 0 Å². The Labute approximate surface area is 87.3 Å². The molecule has 1 fully saturated rings. The fourth-order valence-corrected chi connectivity index (χ4v) is 2.16. The quantitative estimate of drug-likeness (QED) is 0.600. The minimum absolute atomic E-state index is 0.146. The van der Waals surface area contributed by atoms with Crippen LogP contribution < -0.4 is 0 Å². The third kappa shape index (κ3) is 2.26. The lowest BCUT2D eigenvalue weighted by molar-refractivity contribution is 0.584. The predicted octanol–water partition coefficient (Wildman–Crippen LogP) is 3.75. The molecule has 2 aliphatic rings. The van der Waals surface area contributed by atoms with E-state index in [1.54, 1.807) is 0 Å². The van der Waals surface area contributed by atoms with Gasteiger partial charge in [-0.2, -0.15) is 0 Å². The zero-order chi connectivity index (χ0) is 10.0. The highest BCUT2D eigenvalue weighted by Crippen LogP contribution is 2.38. The fourth-order valence-electron chi connectivity index (χ4n) is 2.16. The summed E-state index contributed by atoms with van der Waals surface area (Å²) >= 11 is 0. The molecule has 1 nitrogen and oxygen atoms in total. The Morgan fingerprint density at radius 3 is 2.93 bits per heavy atom. The number of aliphatic imine (C=N–C) groups is 1. The monoisotopic (exact) mass is 191 g/mol. The van der Waals surface area contributed by atoms with E-state index in [0.29, 0.717) is 0 Å². The van der Waals surface area contributed by atoms with Crippen LogP contribution in [-0.2, 0) is 0 Å². The molecule has 0 amide bonds. The summed E-state index contributed by atoms with van der Waals surface area (Å²) in [6.45, 7) is 4.49. The van der Waals surface area contributed by atoms with Crippen LogP contribution in [0.15, 0.2) is 17.1 Å². The number of nitrogens with zero attached hydrogens (tertiary/aromatic N) is 1. The Bertz CT molecular complexity index is 260. The van der Waals surface area contributed by atoms with E-state index < -0.39 is 0 Å². The van der Waals surface area contributed by atoms with Crippen LogP contribution in [0.3, 0.4) is 0 Å². The van der Waals surface area contributed by atoms with E-state index in [0.717, 1.165) is 5.92 Å². The first-order valence-electron chi connectivity index (χ1n) is 6.00. The van der Waals surface area contributed by atoms with Gasteiger partial charge in [-0.3, -0.25) is 4.99 Å². The van der Waals surface area contributed by atoms with Crippen LogP contribution >= 0.6 is 0 Å². The normalized spacial score (nSPS) is 32.6. The van der Waals surface area contributed by atoms with E-state index in [1.165, 1.54) is 44.2 Å². The lowest BCUT2D eigenvalue weighted by Gasteiger charge is -2.14. The number of allylic oxidation sites excluding steroid dienone is 1. The van der Waals surface area contributed by atoms with Crippen LogP contribution in [-0.4, -0.2) is 11.3 Å². The van der Waals surface area contributed by atoms with Crippen molar-refractivity contribution in [3.63, 3.8) is 0 Å². The molecule has 0 spiro atoms. The molecule has 0 bridgehead atoms. The van der Waals surface area contributed by atoms with E-state index in [9.17, 15) is 0 Å². The van der Waals surface area contributed by atoms with Gasteiger partial charge in [-0.25, -0.2) is 0 Å². The van der Waals surface area contributed by atoms with E-state index in [4.69, 9.17) is 4.99 Å². The highest BCUT2D eigenvalue weighted by atomic mass is 14.9. The summed E-state index contributed by atoms with van der Waals surface area (Å²) in [4.78, 5) is 4.88. The Balaban J connectivity index is 1.95. The minimum atomic E-state index is 0.146. The van der Waals surface area contributed by atoms with Crippen molar-refractivity contribution in [2.75, 3.05) is 0 Å². The van der Waals surface area contributed by atoms with Crippen molar-refractivity contribution in [1.82, 2.24) is 0 Å². The maximum absolute atomic E-state index is 4.88. The molecule has 1 heteroatoms. The zero-order valence-corrected chi connectivity index (χ0v) is 9.42. The van der Waals surface area contributed by atoms with Crippen LogP contribution in [0.2, 0.25) is 0 Å². The molecule has 0 aromatic rings. The van der Waals surface area contributed by atoms with E-state index in [1.807, 2.05) is 0 Å². The Hall–Kier alpha value is -0.590. The molecule has 1 aliphatic carbocycles. The smallest absolute Gasteiger partial charge is 0.0762 e. The van der Waals surface area contributed by atoms with Crippen molar-refractivity contribution in [1.29, 1.82) is 0 Å². The fraction of sp³-hybridized carbons (Fsp3) is 0.769. The van der Waals surface area contributed by atoms with Crippen LogP contribution in [0, 0.1) is 5.92 Å². The van der Waals surface area contributed by atoms with Crippen molar-refractivity contribution in [3.05, 3.63) is 12.2 Å². The summed E-state index contributed by atoms with van der Waals surface area (Å²) in [7, 11) is 0. The third-order valence-corrected chi connectivity index (χ3v) is 3.27. The van der Waals surface area contributed by atoms with Gasteiger partial charge in [-0.15, -0.1) is 0 Å². The van der Waals surface area contributed by atoms with Crippen molar-refractivity contribution in [2.24, 2.45) is 10.9 Å². The molecule has 0 aromatic carbocycles. The largest absolute Gasteiger partial charge is 0.283 e. The van der Waals surface area contributed by atoms with Crippen molar-refractivity contribution < 1.29 is 0 Å². The standard InChI is InChI=1S/C13H21N/c1-3-4-5-9-13(2)10-8-12(14-13)11-6-7-11/h5,9,11H,3-4,6-8,10H2,1-2H3/b9-5+. The molecule has 0 N–H and O–H groups in total. The predicted molar refractivity (Wildman–Crippen MR) is 61.8 cm³/mol. The number of rotatable bonds is 4. The van der Waals surface area contributed by atoms with Crippen molar-refractivity contribution in [3.8, 4) is 0 Å². The molecule has 14 heavy (non-hydrogen) atoms. The topological polar surface area (TPSA) is 12.4 Å². The Kier molecular flexibility index (Phi) is 2.76. The van der Waals surface area contributed by atoms with Gasteiger partial charge >= 0.3 is 0 Å². The third-order valence-electron chi connectivity index (χ3n) is 3.27. The molecule has 1 saturated carbocycles. The first kappa shape index (κ1) is 9.95. The SMILES string of the molecule is CCC/C=C/C1(C)CCC(C2CC2)=N1. The zero-order valence-electron chi connectivity index (χ0n) is 9.42. The molecule has 1 atom stereocenters. The molecule has 78 valence electrons. The average molecular weight is 191 g/mol. The van der Waals surface area contributed by atoms with Gasteiger partial charge in [0.2, 0.25) is 0 Å². The summed E-state index contributed by atoms with van der Waals surface area (Å²) in [5, 5.41) is 0. The molecule has 2 rings (SSSR count). The van der Waals surface area contributed by atoms with Crippen LogP contribution in [0.1, 0.15) is 52.4 Å². The van der Waals surface area contributed by atoms with Crippen LogP contribution in [0.4, 0.5) is 0 Å². The Morgan fingerprint density at radius 1 is 1.50 bits per heavy atom. The highest BCUT2D eigenvalue weighted by Gasteiger charge is 2.35. The van der Waals surface area contributed by atoms with Crippen LogP contribution in [0.5, 0.6) is 0 Å². The molecule has 1 unspecified atom stereocenters. The molecule has 0 radical (unpaired) electrons. The molecule has 0 aromatic heterocycles. The maximum Gasteiger partial charge on any atom is 0.0762 e. The lowest BCUT2D eigenvalue weighted by Crippen LogP contribution is -2.13. The maximum atomic E-state index is 4.88. The molecule has 1 aliphatic heterocycles. The second-order valence-electron chi connectivity index (χ2n) is 4.93. The number of hydrogen-bond donors (Lipinski definition) is 0. The van der Waals surface area contributed by atoms with Gasteiger partial charge in [-0.05, 0) is 44.9 Å². The molecular weight excluding hydrogens is 170 g/mol. The van der Waals surface area contributed by atoms with E-state index in [2.05, 4.69) is 26.0 Å². The minimum Gasteiger partial charge on any atom is -0.283 e. The van der Waals surface area contributed by atoms with Crippen molar-refractivity contribution in [2.45, 2.75) is 57.9 Å². The highest BCUT2D eigenvalue weighted by molar-refractivity contribution is 5.90. The van der Waals surface area contributed by atoms with E-state index in [-0.39, 0.29) is 5.54 Å². The van der Waals surface area contributed by atoms with Gasteiger partial charge < -0.3 is 0 Å². The molecule has 0 saturated heterocycles. The first-order valence-corrected chi connectivity index (χ1v) is 6.00. The summed E-state index contributed by atoms with van der Waals surface area (Å²) in [6.07, 6.45) is 12.3. The van der Waals surface area contributed by atoms with Gasteiger partial charge in [0.05, 0.1) is 5.54 Å². The summed E-state index contributed by atoms with van der Waals surface area (Å²) < 4.78 is 0. The van der Waals surface area contributed by atoms with Crippen molar-refractivity contribution >= 4 is 5.71 Å². The first-order chi connectivity index (χ1) is 6.73.